The van der Waals surface area contributed by atoms with Crippen molar-refractivity contribution >= 4 is 23.6 Å². The van der Waals surface area contributed by atoms with Crippen LogP contribution < -0.4 is 15.4 Å². The molecule has 2 amide bonds. The average Bonchev–Trinajstić information content (AvgIpc) is 3.06. The smallest absolute Gasteiger partial charge is 0.336 e. The van der Waals surface area contributed by atoms with E-state index in [1.807, 2.05) is 0 Å². The maximum atomic E-state index is 13.6. The van der Waals surface area contributed by atoms with Gasteiger partial charge in [-0.2, -0.15) is 0 Å². The lowest BCUT2D eigenvalue weighted by Gasteiger charge is -2.31. The second kappa shape index (κ2) is 24.5. The van der Waals surface area contributed by atoms with Crippen LogP contribution in [0.4, 0.5) is 0 Å². The highest BCUT2D eigenvalue weighted by Gasteiger charge is 2.47. The van der Waals surface area contributed by atoms with Crippen LogP contribution in [0.15, 0.2) is 36.4 Å². The lowest BCUT2D eigenvalue weighted by molar-refractivity contribution is -0.168. The number of aliphatic carboxylic acids is 1. The van der Waals surface area contributed by atoms with Crippen molar-refractivity contribution in [1.29, 1.82) is 0 Å². The predicted octanol–water partition coefficient (Wildman–Crippen LogP) is 5.16. The third kappa shape index (κ3) is 16.6. The van der Waals surface area contributed by atoms with Gasteiger partial charge in [-0.25, -0.2) is 4.79 Å². The number of aliphatic hydroxyl groups is 1. The van der Waals surface area contributed by atoms with Crippen molar-refractivity contribution in [3.8, 4) is 17.6 Å². The van der Waals surface area contributed by atoms with Crippen molar-refractivity contribution in [2.24, 2.45) is 5.92 Å². The van der Waals surface area contributed by atoms with Gasteiger partial charge in [0.25, 0.3) is 0 Å². The number of carbonyl (C=O) groups excluding carboxylic acids is 3. The van der Waals surface area contributed by atoms with Gasteiger partial charge in [-0.15, -0.1) is 5.92 Å². The molecular weight excluding hydrogens is 600 g/mol. The van der Waals surface area contributed by atoms with Crippen molar-refractivity contribution < 1.29 is 38.9 Å². The third-order valence-corrected chi connectivity index (χ3v) is 8.05. The summed E-state index contributed by atoms with van der Waals surface area (Å²) >= 11 is 0. The molecule has 262 valence electrons. The van der Waals surface area contributed by atoms with E-state index in [4.69, 9.17) is 9.47 Å². The van der Waals surface area contributed by atoms with E-state index in [0.29, 0.717) is 30.8 Å². The van der Waals surface area contributed by atoms with Crippen molar-refractivity contribution in [2.45, 2.75) is 115 Å². The molecule has 0 saturated heterocycles. The van der Waals surface area contributed by atoms with E-state index in [-0.39, 0.29) is 26.1 Å². The van der Waals surface area contributed by atoms with Gasteiger partial charge in [0.15, 0.2) is 5.60 Å². The lowest BCUT2D eigenvalue weighted by atomic mass is 9.83. The lowest BCUT2D eigenvalue weighted by Crippen LogP contribution is -2.56. The van der Waals surface area contributed by atoms with Gasteiger partial charge in [0.1, 0.15) is 24.2 Å². The fourth-order valence-corrected chi connectivity index (χ4v) is 5.13. The van der Waals surface area contributed by atoms with Crippen LogP contribution in [0, 0.1) is 17.8 Å². The zero-order valence-electron chi connectivity index (χ0n) is 28.8. The Labute approximate surface area is 281 Å². The summed E-state index contributed by atoms with van der Waals surface area (Å²) in [5.74, 6) is 2.19. The molecule has 3 atom stereocenters. The third-order valence-electron chi connectivity index (χ3n) is 8.05. The molecule has 10 heteroatoms. The van der Waals surface area contributed by atoms with Gasteiger partial charge in [-0.3, -0.25) is 14.4 Å². The molecule has 1 aromatic carbocycles. The molecular formula is C37H56N2O8. The minimum absolute atomic E-state index is 0.0883. The number of carboxylic acids is 1. The Bertz CT molecular complexity index is 1170. The highest BCUT2D eigenvalue weighted by molar-refractivity contribution is 5.93. The van der Waals surface area contributed by atoms with Gasteiger partial charge in [0, 0.05) is 46.4 Å². The van der Waals surface area contributed by atoms with Crippen molar-refractivity contribution in [3.63, 3.8) is 0 Å². The molecule has 0 aliphatic heterocycles. The van der Waals surface area contributed by atoms with Crippen LogP contribution in [-0.2, 0) is 30.3 Å². The summed E-state index contributed by atoms with van der Waals surface area (Å²) in [6, 6.07) is 5.99. The number of carboxylic acid groups (broad SMARTS) is 1. The first-order valence-corrected chi connectivity index (χ1v) is 16.9. The van der Waals surface area contributed by atoms with Crippen LogP contribution in [0.1, 0.15) is 103 Å². The molecule has 0 bridgehead atoms. The molecule has 4 N–H and O–H groups in total. The van der Waals surface area contributed by atoms with Crippen molar-refractivity contribution in [3.05, 3.63) is 42.0 Å². The van der Waals surface area contributed by atoms with E-state index in [1.54, 1.807) is 37.3 Å². The highest BCUT2D eigenvalue weighted by Crippen LogP contribution is 2.26. The first-order chi connectivity index (χ1) is 22.6. The fourth-order valence-electron chi connectivity index (χ4n) is 5.13. The quantitative estimate of drug-likeness (QED) is 0.0607. The number of Topliss-reactive ketones (excluding diaryl/α,β-unsaturated/α-hetero) is 1. The number of rotatable bonds is 26. The molecule has 10 nitrogen and oxygen atoms in total. The minimum Gasteiger partial charge on any atom is -0.481 e. The first-order valence-electron chi connectivity index (χ1n) is 16.9. The van der Waals surface area contributed by atoms with Crippen LogP contribution in [0.3, 0.4) is 0 Å². The fraction of sp³-hybridized carbons (Fsp3) is 0.622. The molecule has 47 heavy (non-hydrogen) atoms. The molecule has 0 aliphatic rings. The summed E-state index contributed by atoms with van der Waals surface area (Å²) in [6.45, 7) is 4.05. The Hall–Kier alpha value is -3.68. The number of methoxy groups -OCH3 is 1. The number of amides is 2. The number of likely N-dealkylation sites (N-methyl/N-ethyl adjacent to an activating group) is 1. The molecule has 0 heterocycles. The van der Waals surface area contributed by atoms with Gasteiger partial charge in [0.05, 0.1) is 5.92 Å². The Morgan fingerprint density at radius 2 is 1.60 bits per heavy atom. The highest BCUT2D eigenvalue weighted by atomic mass is 16.5. The van der Waals surface area contributed by atoms with Gasteiger partial charge < -0.3 is 30.3 Å². The standard InChI is InChI=1S/C37H56N2O8/c1-5-7-9-12-15-18-30(40)19-16-13-10-11-14-17-20-32(37(45,36(43)44)25-27-46-4)34(41)39-33(35(42)38-3)28-29-21-23-31(24-22-29)47-26-8-6-2/h17,20-24,32-33,45H,5,7,9-16,18-19,25-28H2,1-4H3,(H,38,42)(H,39,41)(H,43,44)/t32-,33+,37+/m1/s1. The van der Waals surface area contributed by atoms with Gasteiger partial charge in [-0.1, -0.05) is 75.7 Å². The maximum Gasteiger partial charge on any atom is 0.336 e. The van der Waals surface area contributed by atoms with E-state index in [9.17, 15) is 29.4 Å². The summed E-state index contributed by atoms with van der Waals surface area (Å²) in [5, 5.41) is 26.5. The van der Waals surface area contributed by atoms with E-state index in [0.717, 1.165) is 44.1 Å². The number of benzene rings is 1. The molecule has 1 rings (SSSR count). The number of nitrogens with one attached hydrogen (secondary N) is 2. The summed E-state index contributed by atoms with van der Waals surface area (Å²) in [7, 11) is 2.82. The molecule has 0 fully saturated rings. The Kier molecular flexibility index (Phi) is 21.5. The summed E-state index contributed by atoms with van der Waals surface area (Å²) < 4.78 is 10.6. The van der Waals surface area contributed by atoms with E-state index < -0.39 is 35.3 Å². The molecule has 0 saturated carbocycles. The molecule has 0 aliphatic carbocycles. The number of hydrogen-bond acceptors (Lipinski definition) is 7. The van der Waals surface area contributed by atoms with Crippen LogP contribution in [0.25, 0.3) is 0 Å². The summed E-state index contributed by atoms with van der Waals surface area (Å²) in [5.41, 5.74) is -1.72. The van der Waals surface area contributed by atoms with E-state index in [2.05, 4.69) is 29.4 Å². The maximum absolute atomic E-state index is 13.6. The van der Waals surface area contributed by atoms with Gasteiger partial charge in [-0.05, 0) is 50.3 Å². The molecule has 0 aromatic heterocycles. The molecule has 1 aromatic rings. The monoisotopic (exact) mass is 656 g/mol. The van der Waals surface area contributed by atoms with Crippen molar-refractivity contribution in [1.82, 2.24) is 10.6 Å². The predicted molar refractivity (Wildman–Crippen MR) is 183 cm³/mol. The molecule has 0 spiro atoms. The van der Waals surface area contributed by atoms with Crippen LogP contribution in [0.5, 0.6) is 5.75 Å². The Morgan fingerprint density at radius 1 is 0.957 bits per heavy atom. The second-order valence-electron chi connectivity index (χ2n) is 11.8. The largest absolute Gasteiger partial charge is 0.481 e. The number of hydrogen-bond donors (Lipinski definition) is 4. The minimum atomic E-state index is -2.46. The Morgan fingerprint density at radius 3 is 2.17 bits per heavy atom. The topological polar surface area (TPSA) is 151 Å². The van der Waals surface area contributed by atoms with Gasteiger partial charge >= 0.3 is 5.97 Å². The molecule has 0 radical (unpaired) electrons. The number of allylic oxidation sites excluding steroid dienone is 1. The van der Waals surface area contributed by atoms with Crippen molar-refractivity contribution in [2.75, 3.05) is 27.4 Å². The zero-order chi connectivity index (χ0) is 34.9. The van der Waals surface area contributed by atoms with Crippen LogP contribution in [-0.4, -0.2) is 72.8 Å². The summed E-state index contributed by atoms with van der Waals surface area (Å²) in [4.78, 5) is 50.8. The van der Waals surface area contributed by atoms with Crippen LogP contribution in [0.2, 0.25) is 0 Å². The summed E-state index contributed by atoms with van der Waals surface area (Å²) in [6.07, 6.45) is 13.8. The van der Waals surface area contributed by atoms with E-state index >= 15 is 0 Å². The van der Waals surface area contributed by atoms with Gasteiger partial charge in [0.2, 0.25) is 11.8 Å². The van der Waals surface area contributed by atoms with Crippen LogP contribution >= 0.6 is 0 Å². The number of unbranched alkanes of at least 4 members (excludes halogenated alkanes) is 8. The first kappa shape index (κ1) is 41.3. The van der Waals surface area contributed by atoms with E-state index in [1.165, 1.54) is 39.5 Å². The number of carbonyl (C=O) groups is 4. The zero-order valence-corrected chi connectivity index (χ0v) is 28.8. The Balaban J connectivity index is 2.87. The normalized spacial score (nSPS) is 13.6. The average molecular weight is 657 g/mol. The second-order valence-corrected chi connectivity index (χ2v) is 11.8. The number of ether oxygens (including phenoxy) is 2. The number of ketones is 1. The molecule has 0 unspecified atom stereocenters. The SMILES string of the molecule is CC#CCOc1ccc(C[C@H](NC(=O)[C@@H](C=CCCCCCCC(=O)CCCCCCC)[C@@](O)(CCOC)C(=O)O)C(=O)NC)cc1.